The maximum Gasteiger partial charge on any atom is 0.257 e. The van der Waals surface area contributed by atoms with Gasteiger partial charge in [0.1, 0.15) is 12.0 Å². The first-order valence-electron chi connectivity index (χ1n) is 11.2. The van der Waals surface area contributed by atoms with Gasteiger partial charge in [-0.2, -0.15) is 0 Å². The number of nitrogens with one attached hydrogen (secondary N) is 2. The average Bonchev–Trinajstić information content (AvgIpc) is 3.41. The molecule has 2 fully saturated rings. The first kappa shape index (κ1) is 22.8. The van der Waals surface area contributed by atoms with Crippen LogP contribution in [0.3, 0.4) is 0 Å². The van der Waals surface area contributed by atoms with E-state index in [0.717, 1.165) is 29.2 Å². The van der Waals surface area contributed by atoms with Gasteiger partial charge >= 0.3 is 0 Å². The lowest BCUT2D eigenvalue weighted by Gasteiger charge is -2.30. The molecule has 1 aromatic rings. The monoisotopic (exact) mass is 429 g/mol. The van der Waals surface area contributed by atoms with Gasteiger partial charge in [-0.1, -0.05) is 44.9 Å². The number of rotatable bonds is 6. The second-order valence-corrected chi connectivity index (χ2v) is 9.39. The fraction of sp³-hybridized carbons (Fsp3) is 0.542. The lowest BCUT2D eigenvalue weighted by molar-refractivity contribution is -0.115. The molecule has 2 saturated carbocycles. The van der Waals surface area contributed by atoms with E-state index in [4.69, 9.17) is 0 Å². The van der Waals surface area contributed by atoms with E-state index in [1.807, 2.05) is 37.6 Å². The summed E-state index contributed by atoms with van der Waals surface area (Å²) in [6.45, 7) is 4.43. The molecule has 1 aliphatic heterocycles. The lowest BCUT2D eigenvalue weighted by Crippen LogP contribution is -2.46. The number of carbonyl (C=O) groups is 1. The highest BCUT2D eigenvalue weighted by atomic mass is 32.2. The van der Waals surface area contributed by atoms with E-state index in [2.05, 4.69) is 41.0 Å². The second-order valence-electron chi connectivity index (χ2n) is 8.01. The minimum atomic E-state index is -0.615. The fourth-order valence-electron chi connectivity index (χ4n) is 3.77. The summed E-state index contributed by atoms with van der Waals surface area (Å²) in [5.74, 6) is 1.05. The number of nitrogens with zero attached hydrogens (tertiary/aromatic N) is 1. The van der Waals surface area contributed by atoms with Crippen molar-refractivity contribution in [3.8, 4) is 0 Å². The molecular weight excluding hydrogens is 394 g/mol. The number of likely N-dealkylation sites (N-methyl/N-ethyl adjacent to an activating group) is 1. The van der Waals surface area contributed by atoms with Gasteiger partial charge in [0.2, 0.25) is 0 Å². The maximum absolute atomic E-state index is 13.2. The van der Waals surface area contributed by atoms with Gasteiger partial charge in [0.05, 0.1) is 6.54 Å². The van der Waals surface area contributed by atoms with E-state index in [1.165, 1.54) is 30.6 Å². The van der Waals surface area contributed by atoms with Crippen molar-refractivity contribution in [2.75, 3.05) is 13.6 Å². The van der Waals surface area contributed by atoms with Crippen LogP contribution < -0.4 is 10.6 Å². The summed E-state index contributed by atoms with van der Waals surface area (Å²) in [5, 5.41) is 16.3. The SMILES string of the molecule is CC.CN1CC(O)NC=C1NC(=O)/C(=C/C1CCCC1)c1ccc(SC2CC2)cc1. The van der Waals surface area contributed by atoms with Crippen LogP contribution in [0.4, 0.5) is 0 Å². The van der Waals surface area contributed by atoms with E-state index in [1.54, 1.807) is 6.20 Å². The number of thioether (sulfide) groups is 1. The van der Waals surface area contributed by atoms with Crippen LogP contribution in [0.1, 0.15) is 57.9 Å². The van der Waals surface area contributed by atoms with Crippen LogP contribution in [0.2, 0.25) is 0 Å². The molecule has 30 heavy (non-hydrogen) atoms. The van der Waals surface area contributed by atoms with Gasteiger partial charge in [0.15, 0.2) is 0 Å². The van der Waals surface area contributed by atoms with Gasteiger partial charge < -0.3 is 20.6 Å². The van der Waals surface area contributed by atoms with Crippen LogP contribution in [0, 0.1) is 5.92 Å². The van der Waals surface area contributed by atoms with Gasteiger partial charge in [-0.15, -0.1) is 11.8 Å². The van der Waals surface area contributed by atoms with E-state index in [-0.39, 0.29) is 5.91 Å². The zero-order valence-corrected chi connectivity index (χ0v) is 19.2. The van der Waals surface area contributed by atoms with Crippen molar-refractivity contribution in [1.29, 1.82) is 0 Å². The predicted molar refractivity (Wildman–Crippen MR) is 125 cm³/mol. The summed E-state index contributed by atoms with van der Waals surface area (Å²) in [5.41, 5.74) is 1.71. The molecule has 1 unspecified atom stereocenters. The quantitative estimate of drug-likeness (QED) is 0.588. The highest BCUT2D eigenvalue weighted by Gasteiger charge is 2.24. The molecule has 0 radical (unpaired) electrons. The van der Waals surface area contributed by atoms with Crippen LogP contribution >= 0.6 is 11.8 Å². The van der Waals surface area contributed by atoms with E-state index in [9.17, 15) is 9.90 Å². The summed E-state index contributed by atoms with van der Waals surface area (Å²) in [4.78, 5) is 16.3. The third kappa shape index (κ3) is 6.29. The summed E-state index contributed by atoms with van der Waals surface area (Å²) >= 11 is 1.93. The number of amides is 1. The summed E-state index contributed by atoms with van der Waals surface area (Å²) < 4.78 is 0. The maximum atomic E-state index is 13.2. The topological polar surface area (TPSA) is 64.6 Å². The Morgan fingerprint density at radius 1 is 1.17 bits per heavy atom. The fourth-order valence-corrected chi connectivity index (χ4v) is 4.82. The zero-order chi connectivity index (χ0) is 21.5. The molecule has 1 atom stereocenters. The number of benzene rings is 1. The molecule has 164 valence electrons. The standard InChI is InChI=1S/C22H29N3O2S.C2H6/c1-25-14-21(26)23-13-20(25)24-22(27)19(12-15-4-2-3-5-15)16-6-8-17(9-7-16)28-18-10-11-18;1-2/h6-9,12-13,15,18,21,23,26H,2-5,10-11,14H2,1H3,(H,24,27);1-2H3/b19-12+;. The number of hydrogen-bond acceptors (Lipinski definition) is 5. The van der Waals surface area contributed by atoms with E-state index < -0.39 is 6.23 Å². The number of β-amino-alcohol motifs (C(OH)–C–C–N with tert-alkyl or cyclic N) is 1. The van der Waals surface area contributed by atoms with Crippen molar-refractivity contribution in [2.45, 2.75) is 68.7 Å². The normalized spacial score (nSPS) is 22.0. The molecule has 1 amide bonds. The van der Waals surface area contributed by atoms with Crippen molar-refractivity contribution in [1.82, 2.24) is 15.5 Å². The third-order valence-electron chi connectivity index (χ3n) is 5.55. The minimum Gasteiger partial charge on any atom is -0.372 e. The highest BCUT2D eigenvalue weighted by Crippen LogP contribution is 2.39. The van der Waals surface area contributed by atoms with Crippen LogP contribution in [0.5, 0.6) is 0 Å². The van der Waals surface area contributed by atoms with Crippen molar-refractivity contribution < 1.29 is 9.90 Å². The van der Waals surface area contributed by atoms with Crippen molar-refractivity contribution in [2.24, 2.45) is 5.92 Å². The number of hydrogen-bond donors (Lipinski definition) is 3. The Kier molecular flexibility index (Phi) is 8.28. The molecule has 0 bridgehead atoms. The van der Waals surface area contributed by atoms with Gasteiger partial charge in [0.25, 0.3) is 5.91 Å². The lowest BCUT2D eigenvalue weighted by atomic mass is 9.98. The third-order valence-corrected chi connectivity index (χ3v) is 6.90. The van der Waals surface area contributed by atoms with Crippen molar-refractivity contribution in [3.05, 3.63) is 47.9 Å². The molecule has 2 aliphatic carbocycles. The van der Waals surface area contributed by atoms with Gasteiger partial charge in [-0.25, -0.2) is 0 Å². The molecule has 4 rings (SSSR count). The molecular formula is C24H35N3O2S. The smallest absolute Gasteiger partial charge is 0.257 e. The first-order valence-corrected chi connectivity index (χ1v) is 12.1. The summed E-state index contributed by atoms with van der Waals surface area (Å²) in [6.07, 6.45) is 10.6. The summed E-state index contributed by atoms with van der Waals surface area (Å²) in [7, 11) is 1.86. The minimum absolute atomic E-state index is 0.0919. The van der Waals surface area contributed by atoms with Crippen LogP contribution in [-0.2, 0) is 4.79 Å². The zero-order valence-electron chi connectivity index (χ0n) is 18.4. The Balaban J connectivity index is 0.00000124. The van der Waals surface area contributed by atoms with Crippen LogP contribution in [0.15, 0.2) is 47.3 Å². The van der Waals surface area contributed by atoms with Gasteiger partial charge in [-0.3, -0.25) is 4.79 Å². The van der Waals surface area contributed by atoms with Crippen molar-refractivity contribution in [3.63, 3.8) is 0 Å². The molecule has 1 aromatic carbocycles. The second kappa shape index (κ2) is 10.9. The Morgan fingerprint density at radius 3 is 2.43 bits per heavy atom. The average molecular weight is 430 g/mol. The molecule has 5 nitrogen and oxygen atoms in total. The number of aliphatic hydroxyl groups is 1. The van der Waals surface area contributed by atoms with Crippen molar-refractivity contribution >= 4 is 23.2 Å². The van der Waals surface area contributed by atoms with E-state index >= 15 is 0 Å². The molecule has 3 aliphatic rings. The first-order chi connectivity index (χ1) is 14.6. The van der Waals surface area contributed by atoms with E-state index in [0.29, 0.717) is 18.3 Å². The highest BCUT2D eigenvalue weighted by molar-refractivity contribution is 8.00. The molecule has 0 aromatic heterocycles. The predicted octanol–water partition coefficient (Wildman–Crippen LogP) is 4.31. The Morgan fingerprint density at radius 2 is 1.83 bits per heavy atom. The summed E-state index contributed by atoms with van der Waals surface area (Å²) in [6, 6.07) is 8.42. The molecule has 0 saturated heterocycles. The molecule has 3 N–H and O–H groups in total. The largest absolute Gasteiger partial charge is 0.372 e. The van der Waals surface area contributed by atoms with Crippen LogP contribution in [0.25, 0.3) is 5.57 Å². The Hall–Kier alpha value is -1.92. The van der Waals surface area contributed by atoms with Gasteiger partial charge in [-0.05, 0) is 49.3 Å². The van der Waals surface area contributed by atoms with Crippen LogP contribution in [-0.4, -0.2) is 41.0 Å². The molecule has 6 heteroatoms. The van der Waals surface area contributed by atoms with Gasteiger partial charge in [0, 0.05) is 29.0 Å². The number of allylic oxidation sites excluding steroid dienone is 1. The number of carbonyl (C=O) groups excluding carboxylic acids is 1. The molecule has 0 spiro atoms. The Labute approximate surface area is 185 Å². The Bertz CT molecular complexity index is 765. The number of aliphatic hydroxyl groups excluding tert-OH is 1. The molecule has 1 heterocycles.